The lowest BCUT2D eigenvalue weighted by Gasteiger charge is -2.06. The van der Waals surface area contributed by atoms with Gasteiger partial charge < -0.3 is 5.32 Å². The van der Waals surface area contributed by atoms with Crippen molar-refractivity contribution in [1.82, 2.24) is 30.9 Å². The fraction of sp³-hybridized carbons (Fsp3) is 0.167. The van der Waals surface area contributed by atoms with Crippen LogP contribution in [0.5, 0.6) is 0 Å². The van der Waals surface area contributed by atoms with Crippen molar-refractivity contribution >= 4 is 43.6 Å². The largest absolute Gasteiger partial charge is 0.349 e. The number of aromatic amines is 1. The van der Waals surface area contributed by atoms with Crippen LogP contribution >= 0.6 is 15.9 Å². The van der Waals surface area contributed by atoms with Gasteiger partial charge in [0.25, 0.3) is 16.1 Å². The third-order valence-electron chi connectivity index (χ3n) is 2.95. The second kappa shape index (κ2) is 8.96. The molecule has 0 radical (unpaired) electrons. The van der Waals surface area contributed by atoms with Crippen molar-refractivity contribution in [2.45, 2.75) is 0 Å². The summed E-state index contributed by atoms with van der Waals surface area (Å²) in [5, 5.41) is 26.1. The highest BCUT2D eigenvalue weighted by atomic mass is 79.9. The molecule has 0 spiro atoms. The average molecular weight is 465 g/mol. The molecule has 0 aliphatic rings. The predicted molar refractivity (Wildman–Crippen MR) is 95.0 cm³/mol. The van der Waals surface area contributed by atoms with Crippen LogP contribution in [0.1, 0.15) is 16.2 Å². The highest BCUT2D eigenvalue weighted by Gasteiger charge is 2.21. The van der Waals surface area contributed by atoms with Crippen molar-refractivity contribution < 1.29 is 22.8 Å². The van der Waals surface area contributed by atoms with E-state index in [-0.39, 0.29) is 40.5 Å². The Morgan fingerprint density at radius 2 is 2.04 bits per heavy atom. The van der Waals surface area contributed by atoms with E-state index in [2.05, 4.69) is 41.6 Å². The quantitative estimate of drug-likeness (QED) is 0.135. The van der Waals surface area contributed by atoms with E-state index in [0.29, 0.717) is 0 Å². The van der Waals surface area contributed by atoms with Crippen LogP contribution in [0.25, 0.3) is 0 Å². The van der Waals surface area contributed by atoms with Crippen molar-refractivity contribution in [3.63, 3.8) is 0 Å². The summed E-state index contributed by atoms with van der Waals surface area (Å²) in [6.45, 7) is -0.216. The van der Waals surface area contributed by atoms with E-state index in [4.69, 9.17) is 5.14 Å². The number of hydrogen-bond donors (Lipinski definition) is 6. The monoisotopic (exact) mass is 464 g/mol. The first-order chi connectivity index (χ1) is 12.7. The van der Waals surface area contributed by atoms with Gasteiger partial charge in [-0.15, -0.1) is 0 Å². The van der Waals surface area contributed by atoms with Gasteiger partial charge in [-0.1, -0.05) is 0 Å². The smallest absolute Gasteiger partial charge is 0.274 e. The molecule has 1 aromatic heterocycles. The Bertz CT molecular complexity index is 964. The first-order valence-electron chi connectivity index (χ1n) is 7.12. The lowest BCUT2D eigenvalue weighted by atomic mass is 10.2. The third kappa shape index (κ3) is 6.04. The summed E-state index contributed by atoms with van der Waals surface area (Å²) in [5.74, 6) is -1.43. The zero-order valence-corrected chi connectivity index (χ0v) is 15.8. The van der Waals surface area contributed by atoms with E-state index < -0.39 is 21.9 Å². The number of nitrogens with two attached hydrogens (primary N) is 1. The van der Waals surface area contributed by atoms with Gasteiger partial charge in [-0.25, -0.2) is 19.2 Å². The molecule has 1 heterocycles. The molecule has 0 fully saturated rings. The fourth-order valence-corrected chi connectivity index (χ4v) is 2.58. The van der Waals surface area contributed by atoms with Crippen LogP contribution in [0.2, 0.25) is 0 Å². The molecule has 27 heavy (non-hydrogen) atoms. The number of nitrogens with zero attached hydrogens (tertiary/aromatic N) is 3. The Morgan fingerprint density at radius 1 is 1.33 bits per heavy atom. The summed E-state index contributed by atoms with van der Waals surface area (Å²) in [7, 11) is -3.87. The van der Waals surface area contributed by atoms with Crippen molar-refractivity contribution in [3.8, 4) is 0 Å². The van der Waals surface area contributed by atoms with Gasteiger partial charge in [0, 0.05) is 13.1 Å². The summed E-state index contributed by atoms with van der Waals surface area (Å²) < 4.78 is 36.9. The summed E-state index contributed by atoms with van der Waals surface area (Å²) >= 11 is 3.01. The van der Waals surface area contributed by atoms with E-state index >= 15 is 0 Å². The first kappa shape index (κ1) is 20.8. The lowest BCUT2D eigenvalue weighted by molar-refractivity contribution is 0.0949. The topological polar surface area (TPSA) is 187 Å². The molecule has 2 aromatic rings. The number of aliphatic imine (C=N–C) groups is 1. The fourth-order valence-electron chi connectivity index (χ4n) is 1.82. The number of rotatable bonds is 7. The van der Waals surface area contributed by atoms with Crippen LogP contribution in [0.3, 0.4) is 0 Å². The van der Waals surface area contributed by atoms with Gasteiger partial charge in [-0.05, 0) is 34.1 Å². The molecule has 146 valence electrons. The summed E-state index contributed by atoms with van der Waals surface area (Å²) in [6, 6.07) is 3.86. The number of hydroxylamine groups is 1. The van der Waals surface area contributed by atoms with Gasteiger partial charge in [0.05, 0.1) is 10.2 Å². The van der Waals surface area contributed by atoms with Crippen molar-refractivity contribution in [2.24, 2.45) is 10.1 Å². The van der Waals surface area contributed by atoms with Crippen LogP contribution in [-0.2, 0) is 10.2 Å². The van der Waals surface area contributed by atoms with E-state index in [1.807, 2.05) is 4.72 Å². The maximum absolute atomic E-state index is 13.3. The van der Waals surface area contributed by atoms with Gasteiger partial charge in [-0.2, -0.15) is 23.8 Å². The minimum Gasteiger partial charge on any atom is -0.349 e. The Hall–Kier alpha value is -2.46. The standard InChI is InChI=1S/C12H14BrFN8O4S/c13-7-5-6(1-2-8(7)14)18-11(21-24)9-10(20-22-19-9)12(23)16-3-4-17-27(15,25)26/h1-2,5,17,24H,3-4H2,(H,16,23)(H,18,21)(H2,15,25,26)(H,19,20,22). The van der Waals surface area contributed by atoms with E-state index in [1.54, 1.807) is 5.48 Å². The third-order valence-corrected chi connectivity index (χ3v) is 4.17. The number of carbonyl (C=O) groups is 1. The van der Waals surface area contributed by atoms with Gasteiger partial charge in [0.15, 0.2) is 17.2 Å². The molecule has 0 saturated heterocycles. The molecular formula is C12H14BrFN8O4S. The normalized spacial score (nSPS) is 12.1. The van der Waals surface area contributed by atoms with Gasteiger partial charge in [0.1, 0.15) is 5.82 Å². The molecule has 0 saturated carbocycles. The number of amides is 1. The highest BCUT2D eigenvalue weighted by Crippen LogP contribution is 2.22. The predicted octanol–water partition coefficient (Wildman–Crippen LogP) is -0.714. The molecule has 0 atom stereocenters. The van der Waals surface area contributed by atoms with Gasteiger partial charge in [-0.3, -0.25) is 15.5 Å². The maximum atomic E-state index is 13.3. The molecular weight excluding hydrogens is 451 g/mol. The number of amidine groups is 1. The van der Waals surface area contributed by atoms with E-state index in [1.165, 1.54) is 12.1 Å². The number of aromatic nitrogens is 3. The van der Waals surface area contributed by atoms with E-state index in [0.717, 1.165) is 6.07 Å². The molecule has 2 rings (SSSR count). The second-order valence-electron chi connectivity index (χ2n) is 4.89. The summed E-state index contributed by atoms with van der Waals surface area (Å²) in [4.78, 5) is 16.2. The Labute approximate surface area is 160 Å². The lowest BCUT2D eigenvalue weighted by Crippen LogP contribution is -2.38. The molecule has 12 nitrogen and oxygen atoms in total. The van der Waals surface area contributed by atoms with Crippen LogP contribution in [-0.4, -0.2) is 53.9 Å². The van der Waals surface area contributed by atoms with Crippen LogP contribution in [0.15, 0.2) is 27.7 Å². The molecule has 1 amide bonds. The van der Waals surface area contributed by atoms with Crippen LogP contribution in [0.4, 0.5) is 10.1 Å². The number of benzene rings is 1. The summed E-state index contributed by atoms with van der Waals surface area (Å²) in [6.07, 6.45) is 0. The number of carbonyl (C=O) groups excluding carboxylic acids is 1. The number of H-pyrrole nitrogens is 1. The Kier molecular flexibility index (Phi) is 6.92. The average Bonchev–Trinajstić information content (AvgIpc) is 3.08. The Balaban J connectivity index is 2.16. The Morgan fingerprint density at radius 3 is 2.67 bits per heavy atom. The molecule has 7 N–H and O–H groups in total. The van der Waals surface area contributed by atoms with Crippen molar-refractivity contribution in [2.75, 3.05) is 13.1 Å². The minimum atomic E-state index is -3.87. The molecule has 0 aliphatic carbocycles. The second-order valence-corrected chi connectivity index (χ2v) is 7.12. The zero-order chi connectivity index (χ0) is 20.0. The van der Waals surface area contributed by atoms with E-state index in [9.17, 15) is 22.8 Å². The minimum absolute atomic E-state index is 0.0779. The molecule has 0 bridgehead atoms. The molecule has 0 aliphatic heterocycles. The molecule has 15 heteroatoms. The molecule has 0 unspecified atom stereocenters. The SMILES string of the molecule is NS(=O)(=O)NCCNC(=O)c1n[nH]nc1C(=Nc1ccc(F)c(Br)c1)NO. The molecule has 1 aromatic carbocycles. The number of hydrogen-bond acceptors (Lipinski definition) is 7. The van der Waals surface area contributed by atoms with Crippen molar-refractivity contribution in [3.05, 3.63) is 39.9 Å². The van der Waals surface area contributed by atoms with Crippen molar-refractivity contribution in [1.29, 1.82) is 0 Å². The highest BCUT2D eigenvalue weighted by molar-refractivity contribution is 9.10. The van der Waals surface area contributed by atoms with Gasteiger partial charge >= 0.3 is 0 Å². The maximum Gasteiger partial charge on any atom is 0.274 e. The summed E-state index contributed by atoms with van der Waals surface area (Å²) in [5.41, 5.74) is 1.72. The zero-order valence-electron chi connectivity index (χ0n) is 13.4. The van der Waals surface area contributed by atoms with Gasteiger partial charge in [0.2, 0.25) is 0 Å². The van der Waals surface area contributed by atoms with Crippen LogP contribution < -0.4 is 20.7 Å². The number of nitrogens with one attached hydrogen (secondary N) is 4. The first-order valence-corrected chi connectivity index (χ1v) is 9.45. The van der Waals surface area contributed by atoms with Crippen LogP contribution in [0, 0.1) is 5.82 Å². The number of halogens is 2.